The molecule has 0 aromatic carbocycles. The van der Waals surface area contributed by atoms with Gasteiger partial charge in [0.15, 0.2) is 0 Å². The molecule has 0 bridgehead atoms. The highest BCUT2D eigenvalue weighted by Gasteiger charge is 2.28. The first-order chi connectivity index (χ1) is 13.1. The number of fused-ring (bicyclic) bond motifs is 2. The molecular weight excluding hydrogens is 386 g/mol. The average Bonchev–Trinajstić information content (AvgIpc) is 3.33. The smallest absolute Gasteiger partial charge is 0.341 e. The maximum absolute atomic E-state index is 12.5. The Bertz CT molecular complexity index is 1100. The van der Waals surface area contributed by atoms with Gasteiger partial charge in [-0.1, -0.05) is 0 Å². The van der Waals surface area contributed by atoms with Crippen molar-refractivity contribution in [3.05, 3.63) is 44.1 Å². The van der Waals surface area contributed by atoms with Crippen molar-refractivity contribution in [3.8, 4) is 0 Å². The van der Waals surface area contributed by atoms with Crippen molar-refractivity contribution in [2.45, 2.75) is 32.7 Å². The highest BCUT2D eigenvalue weighted by atomic mass is 32.1. The fourth-order valence-electron chi connectivity index (χ4n) is 3.22. The summed E-state index contributed by atoms with van der Waals surface area (Å²) in [6.07, 6.45) is 4.09. The predicted octanol–water partition coefficient (Wildman–Crippen LogP) is 2.82. The largest absolute Gasteiger partial charge is 0.462 e. The Morgan fingerprint density at radius 1 is 1.37 bits per heavy atom. The number of thiophene rings is 2. The van der Waals surface area contributed by atoms with Gasteiger partial charge in [0.1, 0.15) is 16.2 Å². The van der Waals surface area contributed by atoms with E-state index in [0.29, 0.717) is 20.8 Å². The number of carbonyl (C=O) groups is 2. The first kappa shape index (κ1) is 17.9. The number of nitrogens with one attached hydrogen (secondary N) is 1. The van der Waals surface area contributed by atoms with Crippen molar-refractivity contribution in [1.82, 2.24) is 9.55 Å². The first-order valence-corrected chi connectivity index (χ1v) is 10.3. The summed E-state index contributed by atoms with van der Waals surface area (Å²) in [7, 11) is 0. The standard InChI is InChI=1S/C18H17N3O4S2/c1-2-25-18(24)14-10-4-3-5-12(10)27-16(14)20-13(22)8-21-9-19-11-6-7-26-15(11)17(21)23/h6-7,9H,2-5,8H2,1H3,(H,20,22). The minimum absolute atomic E-state index is 0.162. The Labute approximate surface area is 162 Å². The summed E-state index contributed by atoms with van der Waals surface area (Å²) in [5.41, 5.74) is 1.82. The number of aryl methyl sites for hydroxylation is 1. The fraction of sp³-hybridized carbons (Fsp3) is 0.333. The molecule has 1 aliphatic carbocycles. The third-order valence-electron chi connectivity index (χ3n) is 4.40. The van der Waals surface area contributed by atoms with Crippen molar-refractivity contribution in [2.24, 2.45) is 0 Å². The van der Waals surface area contributed by atoms with Gasteiger partial charge in [-0.05, 0) is 43.2 Å². The fourth-order valence-corrected chi connectivity index (χ4v) is 5.31. The molecule has 1 amide bonds. The number of anilines is 1. The summed E-state index contributed by atoms with van der Waals surface area (Å²) in [6, 6.07) is 1.77. The van der Waals surface area contributed by atoms with Gasteiger partial charge in [-0.25, -0.2) is 9.78 Å². The van der Waals surface area contributed by atoms with Crippen molar-refractivity contribution in [3.63, 3.8) is 0 Å². The Kier molecular flexibility index (Phi) is 4.79. The molecule has 3 aromatic rings. The summed E-state index contributed by atoms with van der Waals surface area (Å²) < 4.78 is 6.96. The summed E-state index contributed by atoms with van der Waals surface area (Å²) >= 11 is 2.72. The summed E-state index contributed by atoms with van der Waals surface area (Å²) in [5.74, 6) is -0.786. The monoisotopic (exact) mass is 403 g/mol. The highest BCUT2D eigenvalue weighted by Crippen LogP contribution is 2.39. The van der Waals surface area contributed by atoms with E-state index in [1.165, 1.54) is 33.6 Å². The second-order valence-electron chi connectivity index (χ2n) is 6.14. The Balaban J connectivity index is 1.58. The van der Waals surface area contributed by atoms with E-state index in [9.17, 15) is 14.4 Å². The van der Waals surface area contributed by atoms with Gasteiger partial charge >= 0.3 is 5.97 Å². The van der Waals surface area contributed by atoms with Crippen LogP contribution in [-0.4, -0.2) is 28.0 Å². The van der Waals surface area contributed by atoms with Gasteiger partial charge < -0.3 is 10.1 Å². The van der Waals surface area contributed by atoms with Crippen LogP contribution in [-0.2, 0) is 28.9 Å². The predicted molar refractivity (Wildman–Crippen MR) is 105 cm³/mol. The van der Waals surface area contributed by atoms with Crippen LogP contribution < -0.4 is 10.9 Å². The number of carbonyl (C=O) groups excluding carboxylic acids is 2. The third kappa shape index (κ3) is 3.28. The maximum atomic E-state index is 12.5. The van der Waals surface area contributed by atoms with Crippen LogP contribution in [0.15, 0.2) is 22.6 Å². The molecule has 9 heteroatoms. The molecule has 3 aromatic heterocycles. The van der Waals surface area contributed by atoms with Crippen LogP contribution >= 0.6 is 22.7 Å². The van der Waals surface area contributed by atoms with Crippen molar-refractivity contribution in [2.75, 3.05) is 11.9 Å². The lowest BCUT2D eigenvalue weighted by atomic mass is 10.1. The molecule has 0 unspecified atom stereocenters. The van der Waals surface area contributed by atoms with Gasteiger partial charge in [-0.2, -0.15) is 0 Å². The molecule has 4 rings (SSSR count). The molecule has 3 heterocycles. The summed E-state index contributed by atoms with van der Waals surface area (Å²) in [5, 5.41) is 5.09. The number of esters is 1. The zero-order valence-electron chi connectivity index (χ0n) is 14.6. The van der Waals surface area contributed by atoms with E-state index >= 15 is 0 Å². The minimum atomic E-state index is -0.411. The number of hydrogen-bond donors (Lipinski definition) is 1. The summed E-state index contributed by atoms with van der Waals surface area (Å²) in [6.45, 7) is 1.87. The van der Waals surface area contributed by atoms with Crippen LogP contribution in [0.2, 0.25) is 0 Å². The van der Waals surface area contributed by atoms with E-state index in [1.807, 2.05) is 0 Å². The van der Waals surface area contributed by atoms with Crippen LogP contribution in [0, 0.1) is 0 Å². The molecule has 140 valence electrons. The Morgan fingerprint density at radius 2 is 2.22 bits per heavy atom. The zero-order valence-corrected chi connectivity index (χ0v) is 16.2. The minimum Gasteiger partial charge on any atom is -0.462 e. The van der Waals surface area contributed by atoms with E-state index in [2.05, 4.69) is 10.3 Å². The highest BCUT2D eigenvalue weighted by molar-refractivity contribution is 7.17. The van der Waals surface area contributed by atoms with Crippen LogP contribution in [0.3, 0.4) is 0 Å². The molecule has 0 spiro atoms. The van der Waals surface area contributed by atoms with E-state index in [1.54, 1.807) is 18.4 Å². The normalized spacial score (nSPS) is 12.9. The van der Waals surface area contributed by atoms with Gasteiger partial charge in [0.05, 0.1) is 24.0 Å². The molecular formula is C18H17N3O4S2. The van der Waals surface area contributed by atoms with E-state index < -0.39 is 5.97 Å². The van der Waals surface area contributed by atoms with E-state index in [4.69, 9.17) is 4.74 Å². The lowest BCUT2D eigenvalue weighted by Gasteiger charge is -2.09. The lowest BCUT2D eigenvalue weighted by molar-refractivity contribution is -0.116. The molecule has 0 saturated heterocycles. The quantitative estimate of drug-likeness (QED) is 0.662. The molecule has 0 atom stereocenters. The van der Waals surface area contributed by atoms with Crippen molar-refractivity contribution >= 4 is 49.8 Å². The average molecular weight is 403 g/mol. The molecule has 27 heavy (non-hydrogen) atoms. The zero-order chi connectivity index (χ0) is 19.0. The van der Waals surface area contributed by atoms with Crippen molar-refractivity contribution < 1.29 is 14.3 Å². The number of nitrogens with zero attached hydrogens (tertiary/aromatic N) is 2. The summed E-state index contributed by atoms with van der Waals surface area (Å²) in [4.78, 5) is 42.6. The number of ether oxygens (including phenoxy) is 1. The topological polar surface area (TPSA) is 90.3 Å². The molecule has 1 N–H and O–H groups in total. The molecule has 0 aliphatic heterocycles. The molecule has 0 saturated carbocycles. The Morgan fingerprint density at radius 3 is 3.04 bits per heavy atom. The number of rotatable bonds is 5. The van der Waals surface area contributed by atoms with E-state index in [0.717, 1.165) is 29.7 Å². The first-order valence-electron chi connectivity index (χ1n) is 8.62. The van der Waals surface area contributed by atoms with Gasteiger partial charge in [-0.15, -0.1) is 22.7 Å². The van der Waals surface area contributed by atoms with Crippen LogP contribution in [0.5, 0.6) is 0 Å². The Hall–Kier alpha value is -2.52. The SMILES string of the molecule is CCOC(=O)c1c(NC(=O)Cn2cnc3ccsc3c2=O)sc2c1CCC2. The number of amides is 1. The molecule has 7 nitrogen and oxygen atoms in total. The van der Waals surface area contributed by atoms with E-state index in [-0.39, 0.29) is 24.6 Å². The molecule has 0 radical (unpaired) electrons. The van der Waals surface area contributed by atoms with Crippen LogP contribution in [0.1, 0.15) is 34.1 Å². The van der Waals surface area contributed by atoms with Crippen molar-refractivity contribution in [1.29, 1.82) is 0 Å². The van der Waals surface area contributed by atoms with Crippen LogP contribution in [0.25, 0.3) is 10.2 Å². The van der Waals surface area contributed by atoms with Gasteiger partial charge in [0.2, 0.25) is 5.91 Å². The van der Waals surface area contributed by atoms with Crippen LogP contribution in [0.4, 0.5) is 5.00 Å². The molecule has 0 fully saturated rings. The third-order valence-corrected chi connectivity index (χ3v) is 6.50. The maximum Gasteiger partial charge on any atom is 0.341 e. The molecule has 1 aliphatic rings. The van der Waals surface area contributed by atoms with Gasteiger partial charge in [-0.3, -0.25) is 14.2 Å². The second kappa shape index (κ2) is 7.24. The van der Waals surface area contributed by atoms with Gasteiger partial charge in [0, 0.05) is 4.88 Å². The van der Waals surface area contributed by atoms with Gasteiger partial charge in [0.25, 0.3) is 5.56 Å². The lowest BCUT2D eigenvalue weighted by Crippen LogP contribution is -2.27. The second-order valence-corrected chi connectivity index (χ2v) is 8.16. The number of aromatic nitrogens is 2. The number of hydrogen-bond acceptors (Lipinski definition) is 7.